The van der Waals surface area contributed by atoms with Gasteiger partial charge in [-0.1, -0.05) is 39.0 Å². The Hall–Kier alpha value is -1.02. The minimum atomic E-state index is 0.626. The van der Waals surface area contributed by atoms with Crippen LogP contribution in [0.1, 0.15) is 27.2 Å². The molecule has 1 rings (SSSR count). The molecule has 0 bridgehead atoms. The highest BCUT2D eigenvalue weighted by molar-refractivity contribution is 5.44. The maximum Gasteiger partial charge on any atom is 0.0488 e. The summed E-state index contributed by atoms with van der Waals surface area (Å²) in [6.07, 6.45) is 1.17. The van der Waals surface area contributed by atoms with Crippen molar-refractivity contribution in [3.8, 4) is 0 Å². The van der Waals surface area contributed by atoms with Crippen molar-refractivity contribution in [3.63, 3.8) is 0 Å². The van der Waals surface area contributed by atoms with Crippen LogP contribution in [0.3, 0.4) is 0 Å². The third kappa shape index (κ3) is 7.01. The Morgan fingerprint density at radius 1 is 1.18 bits per heavy atom. The third-order valence-electron chi connectivity index (χ3n) is 2.61. The fourth-order valence-electron chi connectivity index (χ4n) is 1.59. The largest absolute Gasteiger partial charge is 0.384 e. The van der Waals surface area contributed by atoms with E-state index >= 15 is 0 Å². The van der Waals surface area contributed by atoms with Crippen LogP contribution in [-0.4, -0.2) is 27.3 Å². The normalized spacial score (nSPS) is 11.4. The summed E-state index contributed by atoms with van der Waals surface area (Å²) in [5, 5.41) is 0. The van der Waals surface area contributed by atoms with Crippen LogP contribution in [0.2, 0.25) is 0 Å². The van der Waals surface area contributed by atoms with Crippen LogP contribution in [0.4, 0.5) is 5.69 Å². The van der Waals surface area contributed by atoms with Crippen LogP contribution < -0.4 is 4.90 Å². The molecule has 2 heteroatoms. The molecule has 98 valence electrons. The zero-order chi connectivity index (χ0) is 13.1. The highest BCUT2D eigenvalue weighted by Gasteiger charge is 2.04. The second-order valence-electron chi connectivity index (χ2n) is 4.11. The summed E-state index contributed by atoms with van der Waals surface area (Å²) >= 11 is 0. The topological polar surface area (TPSA) is 12.5 Å². The first-order valence-corrected chi connectivity index (χ1v) is 6.49. The zero-order valence-electron chi connectivity index (χ0n) is 11.9. The van der Waals surface area contributed by atoms with Gasteiger partial charge in [-0.25, -0.2) is 0 Å². The molecule has 0 aliphatic rings. The van der Waals surface area contributed by atoms with E-state index in [-0.39, 0.29) is 0 Å². The van der Waals surface area contributed by atoms with Gasteiger partial charge in [0.15, 0.2) is 0 Å². The standard InChI is InChI=1S/C13H21NO.C2H6/c1-12(11-15-3)9-10-14(2)13-7-5-4-6-8-13;1-2/h4-8,12H,9-11H2,1-3H3;1-2H3. The van der Waals surface area contributed by atoms with Crippen molar-refractivity contribution in [1.82, 2.24) is 0 Å². The fraction of sp³-hybridized carbons (Fsp3) is 0.600. The second-order valence-corrected chi connectivity index (χ2v) is 4.11. The summed E-state index contributed by atoms with van der Waals surface area (Å²) in [4.78, 5) is 2.28. The van der Waals surface area contributed by atoms with E-state index in [0.29, 0.717) is 5.92 Å². The number of rotatable bonds is 6. The second kappa shape index (κ2) is 10.2. The summed E-state index contributed by atoms with van der Waals surface area (Å²) in [6, 6.07) is 10.5. The molecule has 0 saturated carbocycles. The number of hydrogen-bond acceptors (Lipinski definition) is 2. The van der Waals surface area contributed by atoms with Crippen molar-refractivity contribution >= 4 is 5.69 Å². The minimum Gasteiger partial charge on any atom is -0.384 e. The SMILES string of the molecule is CC.COCC(C)CCN(C)c1ccccc1. The third-order valence-corrected chi connectivity index (χ3v) is 2.61. The maximum atomic E-state index is 5.12. The molecule has 1 atom stereocenters. The zero-order valence-corrected chi connectivity index (χ0v) is 11.9. The summed E-state index contributed by atoms with van der Waals surface area (Å²) in [6.45, 7) is 8.15. The van der Waals surface area contributed by atoms with E-state index < -0.39 is 0 Å². The Balaban J connectivity index is 0.00000121. The van der Waals surface area contributed by atoms with E-state index in [1.54, 1.807) is 7.11 Å². The van der Waals surface area contributed by atoms with Gasteiger partial charge in [0.25, 0.3) is 0 Å². The minimum absolute atomic E-state index is 0.626. The first kappa shape index (κ1) is 16.0. The smallest absolute Gasteiger partial charge is 0.0488 e. The first-order valence-electron chi connectivity index (χ1n) is 6.49. The number of hydrogen-bond donors (Lipinski definition) is 0. The van der Waals surface area contributed by atoms with Gasteiger partial charge in [-0.2, -0.15) is 0 Å². The number of benzene rings is 1. The number of anilines is 1. The molecule has 0 aliphatic carbocycles. The van der Waals surface area contributed by atoms with Crippen LogP contribution in [-0.2, 0) is 4.74 Å². The predicted octanol–water partition coefficient (Wildman–Crippen LogP) is 3.82. The van der Waals surface area contributed by atoms with E-state index in [2.05, 4.69) is 43.1 Å². The Morgan fingerprint density at radius 3 is 2.29 bits per heavy atom. The van der Waals surface area contributed by atoms with Gasteiger partial charge in [0.1, 0.15) is 0 Å². The Bertz CT molecular complexity index is 261. The van der Waals surface area contributed by atoms with Crippen molar-refractivity contribution in [3.05, 3.63) is 30.3 Å². The van der Waals surface area contributed by atoms with Gasteiger partial charge in [-0.15, -0.1) is 0 Å². The molecule has 0 amide bonds. The van der Waals surface area contributed by atoms with Crippen LogP contribution in [0.15, 0.2) is 30.3 Å². The first-order chi connectivity index (χ1) is 8.24. The van der Waals surface area contributed by atoms with Gasteiger partial charge in [-0.3, -0.25) is 0 Å². The van der Waals surface area contributed by atoms with Crippen molar-refractivity contribution in [2.24, 2.45) is 5.92 Å². The van der Waals surface area contributed by atoms with E-state index in [0.717, 1.165) is 13.2 Å². The molecule has 1 aromatic carbocycles. The van der Waals surface area contributed by atoms with Gasteiger partial charge in [0.2, 0.25) is 0 Å². The average Bonchev–Trinajstić information content (AvgIpc) is 2.40. The molecule has 0 aliphatic heterocycles. The van der Waals surface area contributed by atoms with Gasteiger partial charge in [0.05, 0.1) is 0 Å². The molecule has 1 aromatic rings. The Labute approximate surface area is 107 Å². The molecule has 0 aromatic heterocycles. The van der Waals surface area contributed by atoms with Gasteiger partial charge in [-0.05, 0) is 24.5 Å². The summed E-state index contributed by atoms with van der Waals surface area (Å²) in [5.41, 5.74) is 1.28. The molecule has 0 heterocycles. The summed E-state index contributed by atoms with van der Waals surface area (Å²) < 4.78 is 5.12. The lowest BCUT2D eigenvalue weighted by Gasteiger charge is -2.21. The van der Waals surface area contributed by atoms with Gasteiger partial charge in [0, 0.05) is 33.0 Å². The van der Waals surface area contributed by atoms with E-state index in [9.17, 15) is 0 Å². The predicted molar refractivity (Wildman–Crippen MR) is 76.7 cm³/mol. The molecule has 0 radical (unpaired) electrons. The van der Waals surface area contributed by atoms with E-state index in [1.165, 1.54) is 12.1 Å². The number of methoxy groups -OCH3 is 1. The average molecular weight is 237 g/mol. The molecule has 0 N–H and O–H groups in total. The number of ether oxygens (including phenoxy) is 1. The van der Waals surface area contributed by atoms with Gasteiger partial charge >= 0.3 is 0 Å². The maximum absolute atomic E-state index is 5.12. The lowest BCUT2D eigenvalue weighted by Crippen LogP contribution is -2.21. The molecule has 0 fully saturated rings. The summed E-state index contributed by atoms with van der Waals surface area (Å²) in [7, 11) is 3.90. The monoisotopic (exact) mass is 237 g/mol. The summed E-state index contributed by atoms with van der Waals surface area (Å²) in [5.74, 6) is 0.626. The van der Waals surface area contributed by atoms with Crippen LogP contribution in [0.5, 0.6) is 0 Å². The molecule has 17 heavy (non-hydrogen) atoms. The quantitative estimate of drug-likeness (QED) is 0.745. The molecule has 2 nitrogen and oxygen atoms in total. The van der Waals surface area contributed by atoms with E-state index in [4.69, 9.17) is 4.74 Å². The molecular formula is C15H27NO. The lowest BCUT2D eigenvalue weighted by molar-refractivity contribution is 0.156. The Morgan fingerprint density at radius 2 is 1.76 bits per heavy atom. The van der Waals surface area contributed by atoms with Crippen LogP contribution in [0, 0.1) is 5.92 Å². The van der Waals surface area contributed by atoms with Crippen molar-refractivity contribution < 1.29 is 4.74 Å². The van der Waals surface area contributed by atoms with Crippen LogP contribution >= 0.6 is 0 Å². The van der Waals surface area contributed by atoms with Crippen molar-refractivity contribution in [2.45, 2.75) is 27.2 Å². The fourth-order valence-corrected chi connectivity index (χ4v) is 1.59. The Kier molecular flexibility index (Phi) is 9.55. The molecule has 0 saturated heterocycles. The van der Waals surface area contributed by atoms with Crippen molar-refractivity contribution in [2.75, 3.05) is 32.2 Å². The van der Waals surface area contributed by atoms with Gasteiger partial charge < -0.3 is 9.64 Å². The van der Waals surface area contributed by atoms with Crippen LogP contribution in [0.25, 0.3) is 0 Å². The number of para-hydroxylation sites is 1. The van der Waals surface area contributed by atoms with Crippen molar-refractivity contribution in [1.29, 1.82) is 0 Å². The highest BCUT2D eigenvalue weighted by Crippen LogP contribution is 2.12. The van der Waals surface area contributed by atoms with E-state index in [1.807, 2.05) is 19.9 Å². The molecule has 0 spiro atoms. The molecule has 1 unspecified atom stereocenters. The lowest BCUT2D eigenvalue weighted by atomic mass is 10.1. The molecular weight excluding hydrogens is 210 g/mol. The number of nitrogens with zero attached hydrogens (tertiary/aromatic N) is 1. The highest BCUT2D eigenvalue weighted by atomic mass is 16.5.